The Morgan fingerprint density at radius 2 is 2.15 bits per heavy atom. The average molecular weight is 180 g/mol. The number of hydrogen-bond donors (Lipinski definition) is 0. The van der Waals surface area contributed by atoms with Crippen LogP contribution in [0.1, 0.15) is 40.5 Å². The summed E-state index contributed by atoms with van der Waals surface area (Å²) in [6, 6.07) is 0. The van der Waals surface area contributed by atoms with Crippen LogP contribution in [0.5, 0.6) is 0 Å². The summed E-state index contributed by atoms with van der Waals surface area (Å²) < 4.78 is 0. The molecule has 0 aliphatic heterocycles. The van der Waals surface area contributed by atoms with Gasteiger partial charge in [0.2, 0.25) is 0 Å². The van der Waals surface area contributed by atoms with Crippen LogP contribution < -0.4 is 0 Å². The molecule has 13 heavy (non-hydrogen) atoms. The zero-order valence-electron chi connectivity index (χ0n) is 9.13. The van der Waals surface area contributed by atoms with Gasteiger partial charge in [0.1, 0.15) is 5.78 Å². The molecule has 0 aromatic carbocycles. The molecule has 1 heteroatoms. The summed E-state index contributed by atoms with van der Waals surface area (Å²) in [6.45, 7) is 8.29. The van der Waals surface area contributed by atoms with Crippen molar-refractivity contribution in [1.82, 2.24) is 0 Å². The van der Waals surface area contributed by atoms with Crippen molar-refractivity contribution < 1.29 is 4.79 Å². The number of ketones is 1. The van der Waals surface area contributed by atoms with Gasteiger partial charge in [-0.3, -0.25) is 4.79 Å². The molecule has 0 fully saturated rings. The van der Waals surface area contributed by atoms with Crippen molar-refractivity contribution in [2.45, 2.75) is 40.5 Å². The van der Waals surface area contributed by atoms with E-state index in [1.807, 2.05) is 0 Å². The third-order valence-electron chi connectivity index (χ3n) is 3.26. The van der Waals surface area contributed by atoms with Crippen molar-refractivity contribution in [3.05, 3.63) is 11.6 Å². The fourth-order valence-corrected chi connectivity index (χ4v) is 2.10. The van der Waals surface area contributed by atoms with Crippen molar-refractivity contribution in [3.8, 4) is 0 Å². The summed E-state index contributed by atoms with van der Waals surface area (Å²) in [5.41, 5.74) is 1.28. The second-order valence-corrected chi connectivity index (χ2v) is 4.59. The highest BCUT2D eigenvalue weighted by Crippen LogP contribution is 2.33. The van der Waals surface area contributed by atoms with Crippen molar-refractivity contribution in [2.75, 3.05) is 0 Å². The maximum Gasteiger partial charge on any atom is 0.136 e. The normalized spacial score (nSPS) is 28.8. The lowest BCUT2D eigenvalue weighted by Gasteiger charge is -2.29. The summed E-state index contributed by atoms with van der Waals surface area (Å²) in [4.78, 5) is 11.3. The number of Topliss-reactive ketones (excluding diaryl/α,β-unsaturated/α-hetero) is 1. The highest BCUT2D eigenvalue weighted by molar-refractivity contribution is 5.81. The van der Waals surface area contributed by atoms with E-state index in [2.05, 4.69) is 26.8 Å². The predicted octanol–water partition coefficient (Wildman–Crippen LogP) is 3.20. The third kappa shape index (κ3) is 2.43. The molecule has 0 bridgehead atoms. The monoisotopic (exact) mass is 180 g/mol. The molecule has 0 amide bonds. The van der Waals surface area contributed by atoms with Crippen LogP contribution in [0.3, 0.4) is 0 Å². The van der Waals surface area contributed by atoms with Crippen molar-refractivity contribution >= 4 is 5.78 Å². The second-order valence-electron chi connectivity index (χ2n) is 4.59. The Kier molecular flexibility index (Phi) is 3.29. The molecule has 0 saturated heterocycles. The zero-order chi connectivity index (χ0) is 10.0. The van der Waals surface area contributed by atoms with Crippen molar-refractivity contribution in [2.24, 2.45) is 17.8 Å². The minimum atomic E-state index is 0.209. The SMILES string of the molecule is CC(=O)[C@H]1C[C@H](C(C)C)CC=C1C. The average Bonchev–Trinajstić information content (AvgIpc) is 2.04. The van der Waals surface area contributed by atoms with Gasteiger partial charge < -0.3 is 0 Å². The smallest absolute Gasteiger partial charge is 0.136 e. The predicted molar refractivity (Wildman–Crippen MR) is 55.5 cm³/mol. The molecule has 1 rings (SSSR count). The van der Waals surface area contributed by atoms with E-state index in [-0.39, 0.29) is 5.92 Å². The molecule has 0 spiro atoms. The van der Waals surface area contributed by atoms with E-state index in [0.717, 1.165) is 12.8 Å². The largest absolute Gasteiger partial charge is 0.299 e. The third-order valence-corrected chi connectivity index (χ3v) is 3.26. The van der Waals surface area contributed by atoms with Crippen LogP contribution >= 0.6 is 0 Å². The van der Waals surface area contributed by atoms with E-state index in [4.69, 9.17) is 0 Å². The molecule has 1 aliphatic rings. The van der Waals surface area contributed by atoms with E-state index in [1.54, 1.807) is 6.92 Å². The number of allylic oxidation sites excluding steroid dienone is 2. The second kappa shape index (κ2) is 4.08. The standard InChI is InChI=1S/C12H20O/c1-8(2)11-6-5-9(3)12(7-11)10(4)13/h5,8,11-12H,6-7H2,1-4H3/t11-,12+/m1/s1. The van der Waals surface area contributed by atoms with Crippen molar-refractivity contribution in [1.29, 1.82) is 0 Å². The molecule has 0 aromatic rings. The van der Waals surface area contributed by atoms with E-state index >= 15 is 0 Å². The summed E-state index contributed by atoms with van der Waals surface area (Å²) in [5.74, 6) is 1.95. The first-order chi connectivity index (χ1) is 6.02. The summed E-state index contributed by atoms with van der Waals surface area (Å²) in [7, 11) is 0. The number of carbonyl (C=O) groups excluding carboxylic acids is 1. The minimum absolute atomic E-state index is 0.209. The number of hydrogen-bond acceptors (Lipinski definition) is 1. The molecule has 0 radical (unpaired) electrons. The van der Waals surface area contributed by atoms with Gasteiger partial charge in [0.05, 0.1) is 0 Å². The quantitative estimate of drug-likeness (QED) is 0.596. The molecule has 0 N–H and O–H groups in total. The van der Waals surface area contributed by atoms with E-state index in [0.29, 0.717) is 17.6 Å². The van der Waals surface area contributed by atoms with Crippen LogP contribution in [-0.4, -0.2) is 5.78 Å². The fraction of sp³-hybridized carbons (Fsp3) is 0.750. The van der Waals surface area contributed by atoms with Gasteiger partial charge in [0.25, 0.3) is 0 Å². The summed E-state index contributed by atoms with van der Waals surface area (Å²) in [6.07, 6.45) is 4.48. The van der Waals surface area contributed by atoms with Crippen LogP contribution in [0.25, 0.3) is 0 Å². The Bertz CT molecular complexity index is 225. The summed E-state index contributed by atoms with van der Waals surface area (Å²) >= 11 is 0. The van der Waals surface area contributed by atoms with Gasteiger partial charge in [-0.25, -0.2) is 0 Å². The first-order valence-electron chi connectivity index (χ1n) is 5.19. The molecule has 0 unspecified atom stereocenters. The lowest BCUT2D eigenvalue weighted by molar-refractivity contribution is -0.120. The highest BCUT2D eigenvalue weighted by Gasteiger charge is 2.26. The lowest BCUT2D eigenvalue weighted by Crippen LogP contribution is -2.23. The van der Waals surface area contributed by atoms with E-state index in [9.17, 15) is 4.79 Å². The molecule has 1 nitrogen and oxygen atoms in total. The molecule has 74 valence electrons. The Balaban J connectivity index is 2.71. The zero-order valence-corrected chi connectivity index (χ0v) is 9.13. The summed E-state index contributed by atoms with van der Waals surface area (Å²) in [5, 5.41) is 0. The fourth-order valence-electron chi connectivity index (χ4n) is 2.10. The maximum atomic E-state index is 11.3. The molecular formula is C12H20O. The van der Waals surface area contributed by atoms with Crippen LogP contribution in [-0.2, 0) is 4.79 Å². The molecule has 0 saturated carbocycles. The topological polar surface area (TPSA) is 17.1 Å². The van der Waals surface area contributed by atoms with Gasteiger partial charge in [-0.05, 0) is 38.5 Å². The highest BCUT2D eigenvalue weighted by atomic mass is 16.1. The lowest BCUT2D eigenvalue weighted by atomic mass is 9.75. The number of rotatable bonds is 2. The van der Waals surface area contributed by atoms with E-state index in [1.165, 1.54) is 5.57 Å². The first kappa shape index (κ1) is 10.5. The minimum Gasteiger partial charge on any atom is -0.299 e. The molecule has 1 aliphatic carbocycles. The van der Waals surface area contributed by atoms with Gasteiger partial charge >= 0.3 is 0 Å². The van der Waals surface area contributed by atoms with Gasteiger partial charge in [-0.1, -0.05) is 25.5 Å². The molecule has 0 aromatic heterocycles. The Labute approximate surface area is 81.2 Å². The van der Waals surface area contributed by atoms with Gasteiger partial charge in [-0.2, -0.15) is 0 Å². The van der Waals surface area contributed by atoms with Gasteiger partial charge in [0, 0.05) is 5.92 Å². The molecule has 2 atom stereocenters. The number of carbonyl (C=O) groups is 1. The Hall–Kier alpha value is -0.590. The van der Waals surface area contributed by atoms with E-state index < -0.39 is 0 Å². The van der Waals surface area contributed by atoms with Crippen LogP contribution in [0.2, 0.25) is 0 Å². The van der Waals surface area contributed by atoms with Gasteiger partial charge in [0.15, 0.2) is 0 Å². The first-order valence-corrected chi connectivity index (χ1v) is 5.19. The van der Waals surface area contributed by atoms with Gasteiger partial charge in [-0.15, -0.1) is 0 Å². The van der Waals surface area contributed by atoms with Crippen LogP contribution in [0.4, 0.5) is 0 Å². The van der Waals surface area contributed by atoms with Crippen LogP contribution in [0.15, 0.2) is 11.6 Å². The Morgan fingerprint density at radius 3 is 2.62 bits per heavy atom. The van der Waals surface area contributed by atoms with Crippen molar-refractivity contribution in [3.63, 3.8) is 0 Å². The molecular weight excluding hydrogens is 160 g/mol. The molecule has 0 heterocycles. The van der Waals surface area contributed by atoms with Crippen LogP contribution in [0, 0.1) is 17.8 Å². The Morgan fingerprint density at radius 1 is 1.54 bits per heavy atom. The maximum absolute atomic E-state index is 11.3.